The van der Waals surface area contributed by atoms with E-state index in [1.807, 2.05) is 0 Å². The number of carbonyl (C=O) groups excluding carboxylic acids is 2. The van der Waals surface area contributed by atoms with Crippen LogP contribution in [0, 0.1) is 0 Å². The topological polar surface area (TPSA) is 87.7 Å². The maximum absolute atomic E-state index is 11.9. The fourth-order valence-corrected chi connectivity index (χ4v) is 2.74. The average Bonchev–Trinajstić information content (AvgIpc) is 2.54. The molecule has 24 heavy (non-hydrogen) atoms. The van der Waals surface area contributed by atoms with Gasteiger partial charge in [-0.25, -0.2) is 4.79 Å². The lowest BCUT2D eigenvalue weighted by Crippen LogP contribution is -2.37. The van der Waals surface area contributed by atoms with Crippen LogP contribution in [-0.2, 0) is 9.53 Å². The predicted molar refractivity (Wildman–Crippen MR) is 94.8 cm³/mol. The van der Waals surface area contributed by atoms with Crippen LogP contribution >= 0.6 is 12.4 Å². The summed E-state index contributed by atoms with van der Waals surface area (Å²) in [5.74, 6) is -0.956. The molecule has 1 amide bonds. The van der Waals surface area contributed by atoms with E-state index in [0.717, 1.165) is 12.8 Å². The molecule has 0 bridgehead atoms. The first-order valence-corrected chi connectivity index (χ1v) is 8.13. The number of esters is 1. The summed E-state index contributed by atoms with van der Waals surface area (Å²) < 4.78 is 4.84. The summed E-state index contributed by atoms with van der Waals surface area (Å²) in [6, 6.07) is 4.78. The number of hydrogen-bond acceptors (Lipinski definition) is 5. The largest absolute Gasteiger partial charge is 0.507 e. The molecule has 0 unspecified atom stereocenters. The van der Waals surface area contributed by atoms with Crippen molar-refractivity contribution in [2.24, 2.45) is 0 Å². The number of anilines is 1. The van der Waals surface area contributed by atoms with Crippen LogP contribution < -0.4 is 10.6 Å². The van der Waals surface area contributed by atoms with E-state index >= 15 is 0 Å². The SMILES string of the molecule is CCOC(=O)c1ccc(NC(=O)CNC2CCCCC2)cc1O.Cl. The summed E-state index contributed by atoms with van der Waals surface area (Å²) in [6.45, 7) is 2.18. The number of amides is 1. The summed E-state index contributed by atoms with van der Waals surface area (Å²) in [4.78, 5) is 23.5. The summed E-state index contributed by atoms with van der Waals surface area (Å²) in [5, 5.41) is 15.8. The third kappa shape index (κ3) is 6.02. The van der Waals surface area contributed by atoms with Gasteiger partial charge in [0.05, 0.1) is 13.2 Å². The zero-order chi connectivity index (χ0) is 16.7. The minimum atomic E-state index is -0.582. The molecule has 1 saturated carbocycles. The minimum absolute atomic E-state index is 0. The Labute approximate surface area is 148 Å². The van der Waals surface area contributed by atoms with Crippen LogP contribution in [0.1, 0.15) is 49.4 Å². The van der Waals surface area contributed by atoms with Gasteiger partial charge in [0.15, 0.2) is 0 Å². The molecule has 0 radical (unpaired) electrons. The van der Waals surface area contributed by atoms with Crippen molar-refractivity contribution in [3.05, 3.63) is 23.8 Å². The zero-order valence-electron chi connectivity index (χ0n) is 13.8. The van der Waals surface area contributed by atoms with Gasteiger partial charge in [0, 0.05) is 17.8 Å². The van der Waals surface area contributed by atoms with Crippen LogP contribution in [0.25, 0.3) is 0 Å². The Morgan fingerprint density at radius 2 is 1.96 bits per heavy atom. The minimum Gasteiger partial charge on any atom is -0.507 e. The van der Waals surface area contributed by atoms with Crippen LogP contribution in [0.2, 0.25) is 0 Å². The molecule has 1 aliphatic carbocycles. The van der Waals surface area contributed by atoms with Gasteiger partial charge in [-0.15, -0.1) is 12.4 Å². The zero-order valence-corrected chi connectivity index (χ0v) is 14.7. The fourth-order valence-electron chi connectivity index (χ4n) is 2.74. The Balaban J connectivity index is 0.00000288. The molecule has 0 heterocycles. The van der Waals surface area contributed by atoms with Gasteiger partial charge in [-0.2, -0.15) is 0 Å². The number of nitrogens with one attached hydrogen (secondary N) is 2. The van der Waals surface area contributed by atoms with Crippen molar-refractivity contribution in [3.8, 4) is 5.75 Å². The molecule has 2 rings (SSSR count). The molecule has 7 heteroatoms. The first-order chi connectivity index (χ1) is 11.1. The normalized spacial score (nSPS) is 14.5. The molecule has 1 aromatic carbocycles. The van der Waals surface area contributed by atoms with E-state index in [2.05, 4.69) is 10.6 Å². The molecule has 3 N–H and O–H groups in total. The Bertz CT molecular complexity index is 560. The smallest absolute Gasteiger partial charge is 0.341 e. The number of benzene rings is 1. The van der Waals surface area contributed by atoms with Gasteiger partial charge in [0.2, 0.25) is 5.91 Å². The van der Waals surface area contributed by atoms with Crippen molar-refractivity contribution in [1.82, 2.24) is 5.32 Å². The monoisotopic (exact) mass is 356 g/mol. The molecule has 6 nitrogen and oxygen atoms in total. The molecular formula is C17H25ClN2O4. The first kappa shape index (κ1) is 20.3. The van der Waals surface area contributed by atoms with E-state index in [4.69, 9.17) is 4.74 Å². The second-order valence-electron chi connectivity index (χ2n) is 5.72. The quantitative estimate of drug-likeness (QED) is 0.682. The van der Waals surface area contributed by atoms with Crippen LogP contribution in [0.5, 0.6) is 5.75 Å². The van der Waals surface area contributed by atoms with E-state index in [-0.39, 0.29) is 42.8 Å². The van der Waals surface area contributed by atoms with E-state index in [9.17, 15) is 14.7 Å². The van der Waals surface area contributed by atoms with E-state index < -0.39 is 5.97 Å². The van der Waals surface area contributed by atoms with Crippen molar-refractivity contribution in [1.29, 1.82) is 0 Å². The lowest BCUT2D eigenvalue weighted by Gasteiger charge is -2.22. The molecule has 0 atom stereocenters. The molecule has 134 valence electrons. The third-order valence-corrected chi connectivity index (χ3v) is 3.93. The Kier molecular flexibility index (Phi) is 8.57. The maximum Gasteiger partial charge on any atom is 0.341 e. The van der Waals surface area contributed by atoms with Crippen molar-refractivity contribution in [2.75, 3.05) is 18.5 Å². The van der Waals surface area contributed by atoms with Crippen LogP contribution in [0.4, 0.5) is 5.69 Å². The summed E-state index contributed by atoms with van der Waals surface area (Å²) >= 11 is 0. The standard InChI is InChI=1S/C17H24N2O4.ClH/c1-2-23-17(22)14-9-8-13(10-15(14)20)19-16(21)11-18-12-6-4-3-5-7-12;/h8-10,12,18,20H,2-7,11H2,1H3,(H,19,21);1H. The van der Waals surface area contributed by atoms with E-state index in [1.165, 1.54) is 31.4 Å². The second-order valence-corrected chi connectivity index (χ2v) is 5.72. The van der Waals surface area contributed by atoms with Crippen LogP contribution in [-0.4, -0.2) is 36.2 Å². The van der Waals surface area contributed by atoms with Crippen LogP contribution in [0.15, 0.2) is 18.2 Å². The van der Waals surface area contributed by atoms with Crippen molar-refractivity contribution < 1.29 is 19.4 Å². The van der Waals surface area contributed by atoms with Gasteiger partial charge in [-0.05, 0) is 31.9 Å². The maximum atomic E-state index is 11.9. The summed E-state index contributed by atoms with van der Waals surface area (Å²) in [6.07, 6.45) is 5.92. The molecule has 0 saturated heterocycles. The number of carbonyl (C=O) groups is 2. The number of rotatable bonds is 6. The molecule has 0 aliphatic heterocycles. The highest BCUT2D eigenvalue weighted by atomic mass is 35.5. The number of halogens is 1. The molecule has 1 aromatic rings. The van der Waals surface area contributed by atoms with E-state index in [1.54, 1.807) is 13.0 Å². The summed E-state index contributed by atoms with van der Waals surface area (Å²) in [7, 11) is 0. The molecular weight excluding hydrogens is 332 g/mol. The number of phenols is 1. The Morgan fingerprint density at radius 3 is 2.58 bits per heavy atom. The molecule has 0 aromatic heterocycles. The van der Waals surface area contributed by atoms with Crippen LogP contribution in [0.3, 0.4) is 0 Å². The van der Waals surface area contributed by atoms with E-state index in [0.29, 0.717) is 11.7 Å². The van der Waals surface area contributed by atoms with Gasteiger partial charge in [-0.3, -0.25) is 4.79 Å². The van der Waals surface area contributed by atoms with Crippen molar-refractivity contribution in [2.45, 2.75) is 45.1 Å². The van der Waals surface area contributed by atoms with Gasteiger partial charge < -0.3 is 20.5 Å². The number of ether oxygens (including phenoxy) is 1. The molecule has 1 aliphatic rings. The summed E-state index contributed by atoms with van der Waals surface area (Å²) in [5.41, 5.74) is 0.538. The van der Waals surface area contributed by atoms with Crippen molar-refractivity contribution >= 4 is 30.0 Å². The molecule has 1 fully saturated rings. The van der Waals surface area contributed by atoms with Gasteiger partial charge in [-0.1, -0.05) is 19.3 Å². The Morgan fingerprint density at radius 1 is 1.25 bits per heavy atom. The predicted octanol–water partition coefficient (Wildman–Crippen LogP) is 2.85. The molecule has 0 spiro atoms. The first-order valence-electron chi connectivity index (χ1n) is 8.13. The van der Waals surface area contributed by atoms with Gasteiger partial charge in [0.1, 0.15) is 11.3 Å². The highest BCUT2D eigenvalue weighted by molar-refractivity contribution is 5.95. The van der Waals surface area contributed by atoms with Gasteiger partial charge >= 0.3 is 5.97 Å². The second kappa shape index (κ2) is 10.2. The average molecular weight is 357 g/mol. The lowest BCUT2D eigenvalue weighted by molar-refractivity contribution is -0.115. The van der Waals surface area contributed by atoms with Crippen molar-refractivity contribution in [3.63, 3.8) is 0 Å². The third-order valence-electron chi connectivity index (χ3n) is 3.93. The Hall–Kier alpha value is -1.79. The number of aromatic hydroxyl groups is 1. The highest BCUT2D eigenvalue weighted by Gasteiger charge is 2.15. The van der Waals surface area contributed by atoms with Gasteiger partial charge in [0.25, 0.3) is 0 Å². The number of phenolic OH excluding ortho intramolecular Hbond substituents is 1. The fraction of sp³-hybridized carbons (Fsp3) is 0.529. The lowest BCUT2D eigenvalue weighted by atomic mass is 9.95. The number of hydrogen-bond donors (Lipinski definition) is 3. The highest BCUT2D eigenvalue weighted by Crippen LogP contribution is 2.23.